The van der Waals surface area contributed by atoms with Gasteiger partial charge in [0.15, 0.2) is 28.3 Å². The van der Waals surface area contributed by atoms with Crippen molar-refractivity contribution < 1.29 is 14.2 Å². The van der Waals surface area contributed by atoms with Crippen molar-refractivity contribution in [3.8, 4) is 34.4 Å². The summed E-state index contributed by atoms with van der Waals surface area (Å²) >= 11 is 6.38. The SMILES string of the molecule is COc1ccccc1Oc1c(N)nc(-c2cccc(OCc3ccccc3)c2)nc1Cl. The van der Waals surface area contributed by atoms with Crippen LogP contribution in [0.2, 0.25) is 5.15 Å². The number of halogens is 1. The fourth-order valence-electron chi connectivity index (χ4n) is 2.94. The van der Waals surface area contributed by atoms with Gasteiger partial charge in [0.05, 0.1) is 7.11 Å². The van der Waals surface area contributed by atoms with Crippen molar-refractivity contribution in [2.24, 2.45) is 0 Å². The van der Waals surface area contributed by atoms with Crippen LogP contribution in [0.1, 0.15) is 5.56 Å². The van der Waals surface area contributed by atoms with Gasteiger partial charge in [-0.15, -0.1) is 0 Å². The summed E-state index contributed by atoms with van der Waals surface area (Å²) in [7, 11) is 1.56. The Kier molecular flexibility index (Phi) is 6.19. The molecule has 3 aromatic carbocycles. The molecule has 0 amide bonds. The molecule has 7 heteroatoms. The first-order valence-corrected chi connectivity index (χ1v) is 9.93. The predicted octanol–water partition coefficient (Wildman–Crippen LogP) is 5.76. The molecule has 0 aliphatic heterocycles. The molecule has 0 atom stereocenters. The number of benzene rings is 3. The number of nitrogens with zero attached hydrogens (tertiary/aromatic N) is 2. The Morgan fingerprint density at radius 2 is 1.61 bits per heavy atom. The lowest BCUT2D eigenvalue weighted by Gasteiger charge is -2.13. The molecular formula is C24H20ClN3O3. The number of ether oxygens (including phenoxy) is 3. The zero-order valence-electron chi connectivity index (χ0n) is 16.8. The number of aromatic nitrogens is 2. The number of anilines is 1. The van der Waals surface area contributed by atoms with Crippen molar-refractivity contribution in [3.63, 3.8) is 0 Å². The van der Waals surface area contributed by atoms with Crippen molar-refractivity contribution in [1.29, 1.82) is 0 Å². The highest BCUT2D eigenvalue weighted by Gasteiger charge is 2.16. The minimum atomic E-state index is 0.101. The molecule has 4 aromatic rings. The zero-order valence-corrected chi connectivity index (χ0v) is 17.5. The molecule has 0 aliphatic carbocycles. The van der Waals surface area contributed by atoms with Crippen molar-refractivity contribution in [3.05, 3.63) is 89.6 Å². The van der Waals surface area contributed by atoms with Gasteiger partial charge in [0.2, 0.25) is 5.75 Å². The number of para-hydroxylation sites is 2. The lowest BCUT2D eigenvalue weighted by molar-refractivity contribution is 0.306. The molecule has 0 aliphatic rings. The Hall–Kier alpha value is -3.77. The minimum Gasteiger partial charge on any atom is -0.493 e. The molecule has 0 saturated heterocycles. The maximum Gasteiger partial charge on any atom is 0.206 e. The molecule has 6 nitrogen and oxygen atoms in total. The summed E-state index contributed by atoms with van der Waals surface area (Å²) in [5.41, 5.74) is 7.94. The highest BCUT2D eigenvalue weighted by Crippen LogP contribution is 2.38. The second-order valence-corrected chi connectivity index (χ2v) is 6.97. The van der Waals surface area contributed by atoms with Crippen LogP contribution >= 0.6 is 11.6 Å². The second-order valence-electron chi connectivity index (χ2n) is 6.61. The number of hydrogen-bond acceptors (Lipinski definition) is 6. The van der Waals surface area contributed by atoms with E-state index in [-0.39, 0.29) is 16.7 Å². The van der Waals surface area contributed by atoms with E-state index in [0.717, 1.165) is 11.1 Å². The standard InChI is InChI=1S/C24H20ClN3O3/c1-29-19-12-5-6-13-20(19)31-21-22(25)27-24(28-23(21)26)17-10-7-11-18(14-17)30-15-16-8-3-2-4-9-16/h2-14H,15H2,1H3,(H2,26,27,28). The van der Waals surface area contributed by atoms with E-state index < -0.39 is 0 Å². The van der Waals surface area contributed by atoms with E-state index in [1.54, 1.807) is 19.2 Å². The van der Waals surface area contributed by atoms with E-state index in [0.29, 0.717) is 29.7 Å². The van der Waals surface area contributed by atoms with Crippen molar-refractivity contribution in [2.45, 2.75) is 6.61 Å². The maximum absolute atomic E-state index is 6.38. The van der Waals surface area contributed by atoms with Gasteiger partial charge < -0.3 is 19.9 Å². The molecule has 0 bridgehead atoms. The Morgan fingerprint density at radius 3 is 2.35 bits per heavy atom. The number of rotatable bonds is 7. The molecule has 1 aromatic heterocycles. The third kappa shape index (κ3) is 4.87. The van der Waals surface area contributed by atoms with Crippen LogP contribution in [0.3, 0.4) is 0 Å². The quantitative estimate of drug-likeness (QED) is 0.373. The molecule has 4 rings (SSSR count). The Labute approximate surface area is 185 Å². The molecule has 0 radical (unpaired) electrons. The number of hydrogen-bond donors (Lipinski definition) is 1. The van der Waals surface area contributed by atoms with Gasteiger partial charge in [-0.05, 0) is 29.8 Å². The highest BCUT2D eigenvalue weighted by molar-refractivity contribution is 6.31. The summed E-state index contributed by atoms with van der Waals surface area (Å²) in [4.78, 5) is 8.74. The predicted molar refractivity (Wildman–Crippen MR) is 121 cm³/mol. The topological polar surface area (TPSA) is 79.5 Å². The van der Waals surface area contributed by atoms with E-state index in [1.165, 1.54) is 0 Å². The molecule has 31 heavy (non-hydrogen) atoms. The van der Waals surface area contributed by atoms with Crippen LogP contribution in [0.4, 0.5) is 5.82 Å². The second kappa shape index (κ2) is 9.36. The van der Waals surface area contributed by atoms with E-state index in [2.05, 4.69) is 9.97 Å². The van der Waals surface area contributed by atoms with Gasteiger partial charge in [-0.3, -0.25) is 0 Å². The Balaban J connectivity index is 1.56. The lowest BCUT2D eigenvalue weighted by atomic mass is 10.2. The van der Waals surface area contributed by atoms with Gasteiger partial charge in [0, 0.05) is 5.56 Å². The van der Waals surface area contributed by atoms with Crippen molar-refractivity contribution in [2.75, 3.05) is 12.8 Å². The molecule has 2 N–H and O–H groups in total. The maximum atomic E-state index is 6.38. The minimum absolute atomic E-state index is 0.101. The molecule has 0 saturated carbocycles. The van der Waals surface area contributed by atoms with Gasteiger partial charge in [-0.1, -0.05) is 66.2 Å². The van der Waals surface area contributed by atoms with Crippen molar-refractivity contribution >= 4 is 17.4 Å². The largest absolute Gasteiger partial charge is 0.493 e. The molecule has 0 unspecified atom stereocenters. The van der Waals surface area contributed by atoms with Gasteiger partial charge in [-0.25, -0.2) is 9.97 Å². The van der Waals surface area contributed by atoms with Gasteiger partial charge >= 0.3 is 0 Å². The van der Waals surface area contributed by atoms with Crippen LogP contribution < -0.4 is 19.9 Å². The average molecular weight is 434 g/mol. The summed E-state index contributed by atoms with van der Waals surface area (Å²) in [5.74, 6) is 2.37. The van der Waals surface area contributed by atoms with E-state index >= 15 is 0 Å². The molecule has 1 heterocycles. The number of nitrogen functional groups attached to an aromatic ring is 1. The zero-order chi connectivity index (χ0) is 21.6. The molecular weight excluding hydrogens is 414 g/mol. The van der Waals surface area contributed by atoms with E-state index in [9.17, 15) is 0 Å². The van der Waals surface area contributed by atoms with Crippen LogP contribution in [0, 0.1) is 0 Å². The fraction of sp³-hybridized carbons (Fsp3) is 0.0833. The first kappa shape index (κ1) is 20.5. The van der Waals surface area contributed by atoms with Crippen LogP contribution in [0.25, 0.3) is 11.4 Å². The molecule has 156 valence electrons. The van der Waals surface area contributed by atoms with Crippen LogP contribution in [-0.2, 0) is 6.61 Å². The summed E-state index contributed by atoms with van der Waals surface area (Å²) in [6.07, 6.45) is 0. The fourth-order valence-corrected chi connectivity index (χ4v) is 3.16. The van der Waals surface area contributed by atoms with E-state index in [1.807, 2.05) is 66.7 Å². The molecule has 0 fully saturated rings. The third-order valence-corrected chi connectivity index (χ3v) is 4.73. The summed E-state index contributed by atoms with van der Waals surface area (Å²) in [5, 5.41) is 0.101. The average Bonchev–Trinajstić information content (AvgIpc) is 2.81. The highest BCUT2D eigenvalue weighted by atomic mass is 35.5. The van der Waals surface area contributed by atoms with Gasteiger partial charge in [0.25, 0.3) is 0 Å². The number of methoxy groups -OCH3 is 1. The van der Waals surface area contributed by atoms with Gasteiger partial charge in [0.1, 0.15) is 12.4 Å². The Morgan fingerprint density at radius 1 is 0.871 bits per heavy atom. The third-order valence-electron chi connectivity index (χ3n) is 4.47. The lowest BCUT2D eigenvalue weighted by Crippen LogP contribution is -2.02. The van der Waals surface area contributed by atoms with Crippen molar-refractivity contribution in [1.82, 2.24) is 9.97 Å². The van der Waals surface area contributed by atoms with Crippen LogP contribution in [-0.4, -0.2) is 17.1 Å². The molecule has 0 spiro atoms. The van der Waals surface area contributed by atoms with Crippen LogP contribution in [0.15, 0.2) is 78.9 Å². The summed E-state index contributed by atoms with van der Waals surface area (Å²) in [6.45, 7) is 0.458. The first-order chi connectivity index (χ1) is 15.1. The monoisotopic (exact) mass is 433 g/mol. The van der Waals surface area contributed by atoms with E-state index in [4.69, 9.17) is 31.5 Å². The first-order valence-electron chi connectivity index (χ1n) is 9.55. The Bertz CT molecular complexity index is 1160. The van der Waals surface area contributed by atoms with Gasteiger partial charge in [-0.2, -0.15) is 0 Å². The van der Waals surface area contributed by atoms with Crippen LogP contribution in [0.5, 0.6) is 23.0 Å². The normalized spacial score (nSPS) is 10.5. The summed E-state index contributed by atoms with van der Waals surface area (Å²) in [6, 6.07) is 24.5. The number of nitrogens with two attached hydrogens (primary N) is 1. The summed E-state index contributed by atoms with van der Waals surface area (Å²) < 4.78 is 17.0. The smallest absolute Gasteiger partial charge is 0.206 e.